The first kappa shape index (κ1) is 11.2. The van der Waals surface area contributed by atoms with Crippen LogP contribution in [0.2, 0.25) is 0 Å². The summed E-state index contributed by atoms with van der Waals surface area (Å²) < 4.78 is 5.73. The molecule has 16 heavy (non-hydrogen) atoms. The van der Waals surface area contributed by atoms with E-state index in [0.29, 0.717) is 0 Å². The molecular formula is C13H10NOPd-. The van der Waals surface area contributed by atoms with Crippen LogP contribution in [-0.4, -0.2) is 0 Å². The van der Waals surface area contributed by atoms with Crippen molar-refractivity contribution in [2.75, 3.05) is 0 Å². The fraction of sp³-hybridized carbons (Fsp3) is 0.0769. The van der Waals surface area contributed by atoms with Crippen LogP contribution in [0.25, 0.3) is 5.32 Å². The number of para-hydroxylation sites is 2. The Balaban J connectivity index is 0.000000963. The zero-order valence-electron chi connectivity index (χ0n) is 8.45. The summed E-state index contributed by atoms with van der Waals surface area (Å²) in [5, 5.41) is 4.50. The van der Waals surface area contributed by atoms with Crippen molar-refractivity contribution in [3.8, 4) is 5.75 Å². The van der Waals surface area contributed by atoms with Crippen LogP contribution >= 0.6 is 0 Å². The van der Waals surface area contributed by atoms with E-state index in [1.54, 1.807) is 0 Å². The topological polar surface area (TPSA) is 23.3 Å². The molecule has 0 aliphatic carbocycles. The summed E-state index contributed by atoms with van der Waals surface area (Å²) in [4.78, 5) is 0. The van der Waals surface area contributed by atoms with Crippen molar-refractivity contribution >= 4 is 5.69 Å². The second-order valence-corrected chi connectivity index (χ2v) is 3.48. The van der Waals surface area contributed by atoms with Crippen LogP contribution in [0.4, 0.5) is 5.69 Å². The molecule has 3 rings (SSSR count). The predicted molar refractivity (Wildman–Crippen MR) is 59.3 cm³/mol. The molecule has 0 spiro atoms. The van der Waals surface area contributed by atoms with Gasteiger partial charge in [-0.2, -0.15) is 0 Å². The van der Waals surface area contributed by atoms with Gasteiger partial charge in [-0.05, 0) is 11.6 Å². The van der Waals surface area contributed by atoms with Gasteiger partial charge in [0.15, 0.2) is 0 Å². The predicted octanol–water partition coefficient (Wildman–Crippen LogP) is 3.78. The van der Waals surface area contributed by atoms with Crippen LogP contribution in [-0.2, 0) is 20.4 Å². The zero-order valence-corrected chi connectivity index (χ0v) is 10.00. The molecule has 2 aromatic rings. The molecule has 0 bridgehead atoms. The van der Waals surface area contributed by atoms with E-state index in [1.165, 1.54) is 0 Å². The van der Waals surface area contributed by atoms with Gasteiger partial charge in [0.2, 0.25) is 0 Å². The third kappa shape index (κ3) is 1.97. The Morgan fingerprint density at radius 3 is 2.31 bits per heavy atom. The summed E-state index contributed by atoms with van der Waals surface area (Å²) in [6.45, 7) is 0. The molecule has 0 aromatic heterocycles. The average Bonchev–Trinajstić information content (AvgIpc) is 2.74. The summed E-state index contributed by atoms with van der Waals surface area (Å²) in [7, 11) is 0. The van der Waals surface area contributed by atoms with E-state index in [0.717, 1.165) is 17.0 Å². The smallest absolute Gasteiger partial charge is 0.103 e. The van der Waals surface area contributed by atoms with Crippen molar-refractivity contribution < 1.29 is 25.2 Å². The first-order valence-electron chi connectivity index (χ1n) is 4.95. The Morgan fingerprint density at radius 2 is 1.56 bits per heavy atom. The summed E-state index contributed by atoms with van der Waals surface area (Å²) >= 11 is 0. The van der Waals surface area contributed by atoms with Gasteiger partial charge in [0.25, 0.3) is 0 Å². The number of hydrogen-bond acceptors (Lipinski definition) is 1. The molecule has 1 atom stereocenters. The molecule has 1 unspecified atom stereocenters. The molecule has 3 heteroatoms. The van der Waals surface area contributed by atoms with E-state index < -0.39 is 0 Å². The largest absolute Gasteiger partial charge is 0.643 e. The Morgan fingerprint density at radius 1 is 0.875 bits per heavy atom. The molecule has 1 aliphatic rings. The maximum atomic E-state index is 5.73. The van der Waals surface area contributed by atoms with Gasteiger partial charge in [-0.3, -0.25) is 0 Å². The third-order valence-corrected chi connectivity index (χ3v) is 2.44. The minimum Gasteiger partial charge on any atom is -0.643 e. The van der Waals surface area contributed by atoms with Crippen molar-refractivity contribution in [1.82, 2.24) is 0 Å². The molecule has 84 valence electrons. The molecule has 0 radical (unpaired) electrons. The van der Waals surface area contributed by atoms with Crippen molar-refractivity contribution in [2.24, 2.45) is 0 Å². The van der Waals surface area contributed by atoms with Gasteiger partial charge in [-0.25, -0.2) is 0 Å². The van der Waals surface area contributed by atoms with Gasteiger partial charge in [0, 0.05) is 20.4 Å². The van der Waals surface area contributed by atoms with Gasteiger partial charge >= 0.3 is 0 Å². The van der Waals surface area contributed by atoms with Crippen molar-refractivity contribution in [3.63, 3.8) is 0 Å². The van der Waals surface area contributed by atoms with E-state index in [2.05, 4.69) is 5.32 Å². The first-order valence-corrected chi connectivity index (χ1v) is 4.95. The van der Waals surface area contributed by atoms with E-state index >= 15 is 0 Å². The molecule has 0 saturated heterocycles. The van der Waals surface area contributed by atoms with Crippen LogP contribution in [0.15, 0.2) is 54.6 Å². The van der Waals surface area contributed by atoms with Crippen molar-refractivity contribution in [2.45, 2.75) is 6.23 Å². The third-order valence-electron chi connectivity index (χ3n) is 2.44. The normalized spacial score (nSPS) is 16.6. The molecule has 0 fully saturated rings. The maximum absolute atomic E-state index is 5.73. The van der Waals surface area contributed by atoms with Gasteiger partial charge in [-0.15, -0.1) is 0 Å². The monoisotopic (exact) mass is 302 g/mol. The fourth-order valence-corrected chi connectivity index (χ4v) is 1.70. The molecule has 2 aromatic carbocycles. The number of hydrogen-bond donors (Lipinski definition) is 0. The summed E-state index contributed by atoms with van der Waals surface area (Å²) in [5.74, 6) is 0.867. The molecule has 0 amide bonds. The Hall–Kier alpha value is -1.30. The number of fused-ring (bicyclic) bond motifs is 1. The van der Waals surface area contributed by atoms with E-state index in [-0.39, 0.29) is 26.7 Å². The summed E-state index contributed by atoms with van der Waals surface area (Å²) in [5.41, 5.74) is 2.03. The zero-order chi connectivity index (χ0) is 10.1. The SMILES string of the molecule is [Pd].c1ccc(C2[N-]c3ccccc3O2)cc1. The molecule has 0 N–H and O–H groups in total. The molecule has 2 nitrogen and oxygen atoms in total. The first-order chi connectivity index (χ1) is 7.43. The van der Waals surface area contributed by atoms with Crippen molar-refractivity contribution in [3.05, 3.63) is 65.5 Å². The number of rotatable bonds is 1. The summed E-state index contributed by atoms with van der Waals surface area (Å²) in [6.07, 6.45) is -0.177. The number of nitrogens with zero attached hydrogens (tertiary/aromatic N) is 1. The van der Waals surface area contributed by atoms with E-state index in [1.807, 2.05) is 54.6 Å². The Labute approximate surface area is 108 Å². The van der Waals surface area contributed by atoms with Crippen LogP contribution in [0.3, 0.4) is 0 Å². The van der Waals surface area contributed by atoms with Gasteiger partial charge in [-0.1, -0.05) is 54.2 Å². The fourth-order valence-electron chi connectivity index (χ4n) is 1.70. The van der Waals surface area contributed by atoms with E-state index in [4.69, 9.17) is 4.74 Å². The minimum atomic E-state index is -0.177. The standard InChI is InChI=1S/C13H10NO.Pd/c1-2-6-10(7-3-1)13-14-11-8-4-5-9-12(11)15-13;/h1-9,13H;/q-1;. The number of ether oxygens (including phenoxy) is 1. The quantitative estimate of drug-likeness (QED) is 0.735. The van der Waals surface area contributed by atoms with Crippen LogP contribution in [0.5, 0.6) is 5.75 Å². The maximum Gasteiger partial charge on any atom is 0.103 e. The minimum absolute atomic E-state index is 0. The Kier molecular flexibility index (Phi) is 3.28. The Bertz CT molecular complexity index is 447. The van der Waals surface area contributed by atoms with Gasteiger partial charge in [0.1, 0.15) is 5.75 Å². The van der Waals surface area contributed by atoms with Crippen LogP contribution < -0.4 is 4.74 Å². The summed E-state index contributed by atoms with van der Waals surface area (Å²) in [6, 6.07) is 17.9. The molecule has 1 aliphatic heterocycles. The van der Waals surface area contributed by atoms with Gasteiger partial charge < -0.3 is 10.1 Å². The van der Waals surface area contributed by atoms with Gasteiger partial charge in [0.05, 0.1) is 6.23 Å². The van der Waals surface area contributed by atoms with Crippen molar-refractivity contribution in [1.29, 1.82) is 0 Å². The molecule has 1 heterocycles. The van der Waals surface area contributed by atoms with Crippen LogP contribution in [0, 0.1) is 0 Å². The van der Waals surface area contributed by atoms with Crippen LogP contribution in [0.1, 0.15) is 11.8 Å². The average molecular weight is 303 g/mol. The van der Waals surface area contributed by atoms with E-state index in [9.17, 15) is 0 Å². The second kappa shape index (κ2) is 4.69. The molecular weight excluding hydrogens is 293 g/mol. The second-order valence-electron chi connectivity index (χ2n) is 3.48. The molecule has 0 saturated carbocycles. The number of benzene rings is 2.